The Morgan fingerprint density at radius 1 is 1.47 bits per heavy atom. The molecule has 0 aromatic carbocycles. The molecule has 6 heteroatoms. The van der Waals surface area contributed by atoms with Crippen molar-refractivity contribution in [1.82, 2.24) is 5.01 Å². The fourth-order valence-electron chi connectivity index (χ4n) is 0.980. The average molecular weight is 223 g/mol. The monoisotopic (exact) mass is 223 g/mol. The van der Waals surface area contributed by atoms with Gasteiger partial charge in [0.05, 0.1) is 0 Å². The Morgan fingerprint density at radius 2 is 2.00 bits per heavy atom. The molecule has 0 spiro atoms. The molecule has 0 rings (SSSR count). The summed E-state index contributed by atoms with van der Waals surface area (Å²) < 4.78 is 36.2. The molecule has 0 saturated heterocycles. The number of nitrogens with two attached hydrogens (primary N) is 1. The van der Waals surface area contributed by atoms with Crippen LogP contribution in [0.3, 0.4) is 0 Å². The number of alkyl halides is 3. The van der Waals surface area contributed by atoms with Crippen LogP contribution in [0.15, 0.2) is 17.3 Å². The SMILES string of the molecule is C/C=C\N=C(\C(C)C)N(N)CC(F)(F)F. The van der Waals surface area contributed by atoms with Gasteiger partial charge in [0, 0.05) is 12.1 Å². The first-order valence-corrected chi connectivity index (χ1v) is 4.55. The zero-order valence-corrected chi connectivity index (χ0v) is 9.04. The summed E-state index contributed by atoms with van der Waals surface area (Å²) >= 11 is 0. The van der Waals surface area contributed by atoms with Crippen molar-refractivity contribution in [2.75, 3.05) is 6.54 Å². The normalized spacial score (nSPS) is 14.0. The Balaban J connectivity index is 4.64. The molecule has 0 fully saturated rings. The van der Waals surface area contributed by atoms with Gasteiger partial charge in [-0.3, -0.25) is 5.01 Å². The second kappa shape index (κ2) is 5.75. The summed E-state index contributed by atoms with van der Waals surface area (Å²) in [6.07, 6.45) is -1.27. The van der Waals surface area contributed by atoms with Crippen LogP contribution in [0.5, 0.6) is 0 Å². The van der Waals surface area contributed by atoms with E-state index in [1.807, 2.05) is 0 Å². The lowest BCUT2D eigenvalue weighted by Crippen LogP contribution is -2.45. The fraction of sp³-hybridized carbons (Fsp3) is 0.667. The highest BCUT2D eigenvalue weighted by atomic mass is 19.4. The Hall–Kier alpha value is -1.04. The molecule has 0 aromatic rings. The van der Waals surface area contributed by atoms with Crippen molar-refractivity contribution in [2.45, 2.75) is 26.9 Å². The summed E-state index contributed by atoms with van der Waals surface area (Å²) in [5.41, 5.74) is 0. The van der Waals surface area contributed by atoms with Crippen LogP contribution in [0.1, 0.15) is 20.8 Å². The minimum atomic E-state index is -4.32. The molecular formula is C9H16F3N3. The smallest absolute Gasteiger partial charge is 0.289 e. The molecule has 0 atom stereocenters. The lowest BCUT2D eigenvalue weighted by atomic mass is 10.2. The van der Waals surface area contributed by atoms with E-state index < -0.39 is 12.7 Å². The Morgan fingerprint density at radius 3 is 2.33 bits per heavy atom. The van der Waals surface area contributed by atoms with E-state index in [0.29, 0.717) is 5.01 Å². The van der Waals surface area contributed by atoms with Crippen molar-refractivity contribution in [2.24, 2.45) is 16.8 Å². The average Bonchev–Trinajstić information content (AvgIpc) is 2.00. The van der Waals surface area contributed by atoms with Crippen molar-refractivity contribution in [1.29, 1.82) is 0 Å². The minimum absolute atomic E-state index is 0.159. The predicted molar refractivity (Wildman–Crippen MR) is 54.0 cm³/mol. The van der Waals surface area contributed by atoms with Crippen LogP contribution in [-0.4, -0.2) is 23.6 Å². The van der Waals surface area contributed by atoms with Crippen molar-refractivity contribution >= 4 is 5.84 Å². The van der Waals surface area contributed by atoms with Gasteiger partial charge in [-0.2, -0.15) is 13.2 Å². The molecule has 0 unspecified atom stereocenters. The van der Waals surface area contributed by atoms with Crippen molar-refractivity contribution in [3.63, 3.8) is 0 Å². The first kappa shape index (κ1) is 14.0. The minimum Gasteiger partial charge on any atom is -0.289 e. The van der Waals surface area contributed by atoms with Crippen LogP contribution in [-0.2, 0) is 0 Å². The number of hydrazine groups is 1. The summed E-state index contributed by atoms with van der Waals surface area (Å²) in [7, 11) is 0. The maximum absolute atomic E-state index is 12.1. The van der Waals surface area contributed by atoms with Crippen LogP contribution in [0.4, 0.5) is 13.2 Å². The van der Waals surface area contributed by atoms with Gasteiger partial charge in [-0.25, -0.2) is 10.8 Å². The maximum Gasteiger partial charge on any atom is 0.407 e. The number of amidine groups is 1. The second-order valence-electron chi connectivity index (χ2n) is 3.37. The molecule has 0 aliphatic carbocycles. The number of nitrogens with zero attached hydrogens (tertiary/aromatic N) is 2. The predicted octanol–water partition coefficient (Wildman–Crippen LogP) is 2.31. The second-order valence-corrected chi connectivity index (χ2v) is 3.37. The van der Waals surface area contributed by atoms with Crippen molar-refractivity contribution in [3.8, 4) is 0 Å². The van der Waals surface area contributed by atoms with Crippen LogP contribution in [0.25, 0.3) is 0 Å². The third-order valence-electron chi connectivity index (χ3n) is 1.52. The lowest BCUT2D eigenvalue weighted by molar-refractivity contribution is -0.138. The highest BCUT2D eigenvalue weighted by Gasteiger charge is 2.31. The van der Waals surface area contributed by atoms with E-state index in [-0.39, 0.29) is 11.8 Å². The number of hydrogen-bond donors (Lipinski definition) is 1. The Bertz CT molecular complexity index is 243. The van der Waals surface area contributed by atoms with Crippen molar-refractivity contribution in [3.05, 3.63) is 12.3 Å². The third kappa shape index (κ3) is 6.11. The van der Waals surface area contributed by atoms with Gasteiger partial charge < -0.3 is 0 Å². The fourth-order valence-corrected chi connectivity index (χ4v) is 0.980. The standard InChI is InChI=1S/C9H16F3N3/c1-4-5-14-8(7(2)3)15(13)6-9(10,11)12/h4-5,7H,6,13H2,1-3H3/b5-4-,14-8-. The van der Waals surface area contributed by atoms with Gasteiger partial charge in [-0.15, -0.1) is 0 Å². The molecule has 0 radical (unpaired) electrons. The Kier molecular flexibility index (Phi) is 5.35. The van der Waals surface area contributed by atoms with Crippen LogP contribution in [0.2, 0.25) is 0 Å². The van der Waals surface area contributed by atoms with Gasteiger partial charge in [0.15, 0.2) is 0 Å². The number of halogens is 3. The van der Waals surface area contributed by atoms with E-state index in [4.69, 9.17) is 5.84 Å². The molecule has 0 aliphatic rings. The maximum atomic E-state index is 12.1. The van der Waals surface area contributed by atoms with E-state index in [1.165, 1.54) is 6.20 Å². The van der Waals surface area contributed by atoms with E-state index in [2.05, 4.69) is 4.99 Å². The first-order chi connectivity index (χ1) is 6.78. The molecule has 88 valence electrons. The largest absolute Gasteiger partial charge is 0.407 e. The van der Waals surface area contributed by atoms with Gasteiger partial charge >= 0.3 is 6.18 Å². The van der Waals surface area contributed by atoms with Crippen LogP contribution >= 0.6 is 0 Å². The first-order valence-electron chi connectivity index (χ1n) is 4.55. The third-order valence-corrected chi connectivity index (χ3v) is 1.52. The highest BCUT2D eigenvalue weighted by molar-refractivity contribution is 5.84. The molecule has 0 saturated carbocycles. The van der Waals surface area contributed by atoms with E-state index in [0.717, 1.165) is 0 Å². The lowest BCUT2D eigenvalue weighted by Gasteiger charge is -2.23. The molecule has 0 bridgehead atoms. The van der Waals surface area contributed by atoms with Crippen molar-refractivity contribution < 1.29 is 13.2 Å². The molecule has 0 heterocycles. The zero-order valence-electron chi connectivity index (χ0n) is 9.04. The zero-order chi connectivity index (χ0) is 12.1. The van der Waals surface area contributed by atoms with Crippen LogP contribution in [0, 0.1) is 5.92 Å². The number of rotatable bonds is 3. The number of allylic oxidation sites excluding steroid dienone is 1. The summed E-state index contributed by atoms with van der Waals surface area (Å²) in [5.74, 6) is 5.35. The van der Waals surface area contributed by atoms with Gasteiger partial charge in [-0.05, 0) is 6.92 Å². The Labute approximate surface area is 87.4 Å². The quantitative estimate of drug-likeness (QED) is 0.345. The van der Waals surface area contributed by atoms with E-state index in [9.17, 15) is 13.2 Å². The summed E-state index contributed by atoms with van der Waals surface area (Å²) in [6, 6.07) is 0. The molecular weight excluding hydrogens is 207 g/mol. The molecule has 15 heavy (non-hydrogen) atoms. The van der Waals surface area contributed by atoms with Gasteiger partial charge in [0.2, 0.25) is 0 Å². The molecule has 0 aliphatic heterocycles. The van der Waals surface area contributed by atoms with Gasteiger partial charge in [-0.1, -0.05) is 19.9 Å². The summed E-state index contributed by atoms with van der Waals surface area (Å²) in [6.45, 7) is 4.00. The van der Waals surface area contributed by atoms with Gasteiger partial charge in [0.1, 0.15) is 12.4 Å². The molecule has 0 aromatic heterocycles. The number of hydrogen-bond acceptors (Lipinski definition) is 2. The summed E-state index contributed by atoms with van der Waals surface area (Å²) in [4.78, 5) is 3.86. The summed E-state index contributed by atoms with van der Waals surface area (Å²) in [5, 5.41) is 0.630. The van der Waals surface area contributed by atoms with Gasteiger partial charge in [0.25, 0.3) is 0 Å². The van der Waals surface area contributed by atoms with Crippen LogP contribution < -0.4 is 5.84 Å². The van der Waals surface area contributed by atoms with E-state index in [1.54, 1.807) is 26.8 Å². The molecule has 3 nitrogen and oxygen atoms in total. The highest BCUT2D eigenvalue weighted by Crippen LogP contribution is 2.16. The number of aliphatic imine (C=N–C) groups is 1. The molecule has 0 amide bonds. The molecule has 2 N–H and O–H groups in total. The topological polar surface area (TPSA) is 41.6 Å². The van der Waals surface area contributed by atoms with E-state index >= 15 is 0 Å².